The van der Waals surface area contributed by atoms with Gasteiger partial charge in [0.15, 0.2) is 0 Å². The number of nitrogens with two attached hydrogens (primary N) is 1. The highest BCUT2D eigenvalue weighted by atomic mass is 16.5. The van der Waals surface area contributed by atoms with Crippen molar-refractivity contribution in [2.75, 3.05) is 13.7 Å². The van der Waals surface area contributed by atoms with Crippen molar-refractivity contribution >= 4 is 5.91 Å². The van der Waals surface area contributed by atoms with E-state index in [4.69, 9.17) is 10.5 Å². The minimum atomic E-state index is -0.162. The fraction of sp³-hybridized carbons (Fsp3) is 0.588. The van der Waals surface area contributed by atoms with Crippen molar-refractivity contribution in [1.29, 1.82) is 0 Å². The lowest BCUT2D eigenvalue weighted by Crippen LogP contribution is -2.51. The lowest BCUT2D eigenvalue weighted by Gasteiger charge is -2.29. The smallest absolute Gasteiger partial charge is 0.221 e. The molecule has 0 aliphatic heterocycles. The highest BCUT2D eigenvalue weighted by molar-refractivity contribution is 5.77. The fourth-order valence-electron chi connectivity index (χ4n) is 3.12. The molecule has 3 N–H and O–H groups in total. The van der Waals surface area contributed by atoms with Gasteiger partial charge in [-0.2, -0.15) is 0 Å². The van der Waals surface area contributed by atoms with E-state index in [0.29, 0.717) is 13.0 Å². The van der Waals surface area contributed by atoms with Crippen LogP contribution in [0.4, 0.5) is 0 Å². The van der Waals surface area contributed by atoms with E-state index in [1.807, 2.05) is 24.3 Å². The zero-order valence-electron chi connectivity index (χ0n) is 13.0. The Labute approximate surface area is 127 Å². The number of hydrogen-bond acceptors (Lipinski definition) is 3. The Kier molecular flexibility index (Phi) is 5.23. The van der Waals surface area contributed by atoms with Gasteiger partial charge in [-0.1, -0.05) is 31.9 Å². The Morgan fingerprint density at radius 3 is 2.76 bits per heavy atom. The summed E-state index contributed by atoms with van der Waals surface area (Å²) in [7, 11) is 1.65. The highest BCUT2D eigenvalue weighted by Gasteiger charge is 2.33. The molecule has 4 nitrogen and oxygen atoms in total. The molecule has 1 atom stereocenters. The number of carbonyl (C=O) groups is 1. The molecular weight excluding hydrogens is 264 g/mol. The Balaban J connectivity index is 1.95. The number of nitrogens with one attached hydrogen (secondary N) is 1. The van der Waals surface area contributed by atoms with Crippen LogP contribution < -0.4 is 15.8 Å². The second-order valence-electron chi connectivity index (χ2n) is 6.12. The maximum atomic E-state index is 12.3. The lowest BCUT2D eigenvalue weighted by atomic mass is 9.94. The lowest BCUT2D eigenvalue weighted by molar-refractivity contribution is -0.123. The van der Waals surface area contributed by atoms with Gasteiger partial charge in [-0.25, -0.2) is 0 Å². The SMILES string of the molecule is COc1cccc(C(C)CC(=O)NC2(CN)CCCC2)c1. The third kappa shape index (κ3) is 3.97. The van der Waals surface area contributed by atoms with E-state index in [9.17, 15) is 4.79 Å². The van der Waals surface area contributed by atoms with Gasteiger partial charge >= 0.3 is 0 Å². The highest BCUT2D eigenvalue weighted by Crippen LogP contribution is 2.29. The third-order valence-corrected chi connectivity index (χ3v) is 4.51. The molecule has 1 unspecified atom stereocenters. The normalized spacial score (nSPS) is 18.2. The van der Waals surface area contributed by atoms with Crippen molar-refractivity contribution in [3.63, 3.8) is 0 Å². The monoisotopic (exact) mass is 290 g/mol. The summed E-state index contributed by atoms with van der Waals surface area (Å²) in [6.07, 6.45) is 4.80. The van der Waals surface area contributed by atoms with E-state index in [2.05, 4.69) is 12.2 Å². The molecule has 1 aliphatic rings. The number of amides is 1. The zero-order chi connectivity index (χ0) is 15.3. The Morgan fingerprint density at radius 1 is 1.43 bits per heavy atom. The molecule has 116 valence electrons. The van der Waals surface area contributed by atoms with Crippen molar-refractivity contribution in [2.45, 2.75) is 50.5 Å². The van der Waals surface area contributed by atoms with Crippen LogP contribution >= 0.6 is 0 Å². The van der Waals surface area contributed by atoms with Crippen molar-refractivity contribution in [1.82, 2.24) is 5.32 Å². The second kappa shape index (κ2) is 6.94. The summed E-state index contributed by atoms with van der Waals surface area (Å²) in [5.41, 5.74) is 6.83. The minimum absolute atomic E-state index is 0.0951. The van der Waals surface area contributed by atoms with Gasteiger partial charge in [-0.15, -0.1) is 0 Å². The average molecular weight is 290 g/mol. The average Bonchev–Trinajstić information content (AvgIpc) is 2.96. The van der Waals surface area contributed by atoms with E-state index in [0.717, 1.165) is 37.0 Å². The summed E-state index contributed by atoms with van der Waals surface area (Å²) in [4.78, 5) is 12.3. The summed E-state index contributed by atoms with van der Waals surface area (Å²) in [5.74, 6) is 1.09. The molecule has 0 heterocycles. The van der Waals surface area contributed by atoms with Gasteiger partial charge in [0.25, 0.3) is 0 Å². The van der Waals surface area contributed by atoms with E-state index < -0.39 is 0 Å². The molecule has 0 bridgehead atoms. The third-order valence-electron chi connectivity index (χ3n) is 4.51. The molecule has 1 aromatic rings. The number of hydrogen-bond donors (Lipinski definition) is 2. The largest absolute Gasteiger partial charge is 0.497 e. The van der Waals surface area contributed by atoms with Crippen LogP contribution in [0, 0.1) is 0 Å². The summed E-state index contributed by atoms with van der Waals surface area (Å²) in [5, 5.41) is 3.18. The zero-order valence-corrected chi connectivity index (χ0v) is 13.0. The first-order valence-corrected chi connectivity index (χ1v) is 7.73. The molecule has 2 rings (SSSR count). The van der Waals surface area contributed by atoms with Gasteiger partial charge in [0.2, 0.25) is 5.91 Å². The summed E-state index contributed by atoms with van der Waals surface area (Å²) in [6, 6.07) is 7.90. The van der Waals surface area contributed by atoms with Gasteiger partial charge in [0, 0.05) is 13.0 Å². The first-order valence-electron chi connectivity index (χ1n) is 7.73. The summed E-state index contributed by atoms with van der Waals surface area (Å²) >= 11 is 0. The maximum Gasteiger partial charge on any atom is 0.221 e. The Hall–Kier alpha value is -1.55. The predicted octanol–water partition coefficient (Wildman–Crippen LogP) is 2.58. The molecule has 4 heteroatoms. The standard InChI is InChI=1S/C17H26N2O2/c1-13(14-6-5-7-15(11-14)21-2)10-16(20)19-17(12-18)8-3-4-9-17/h5-7,11,13H,3-4,8-10,12,18H2,1-2H3,(H,19,20). The van der Waals surface area contributed by atoms with Gasteiger partial charge in [0.1, 0.15) is 5.75 Å². The van der Waals surface area contributed by atoms with E-state index in [-0.39, 0.29) is 17.4 Å². The van der Waals surface area contributed by atoms with Gasteiger partial charge in [-0.05, 0) is 36.5 Å². The fourth-order valence-corrected chi connectivity index (χ4v) is 3.12. The van der Waals surface area contributed by atoms with Crippen LogP contribution in [0.5, 0.6) is 5.75 Å². The van der Waals surface area contributed by atoms with E-state index in [1.54, 1.807) is 7.11 Å². The Morgan fingerprint density at radius 2 is 2.14 bits per heavy atom. The van der Waals surface area contributed by atoms with Crippen molar-refractivity contribution in [3.8, 4) is 5.75 Å². The molecule has 0 radical (unpaired) electrons. The van der Waals surface area contributed by atoms with Gasteiger partial charge in [0.05, 0.1) is 12.6 Å². The van der Waals surface area contributed by atoms with Crippen LogP contribution in [0.1, 0.15) is 50.5 Å². The van der Waals surface area contributed by atoms with Crippen LogP contribution in [0.3, 0.4) is 0 Å². The Bertz CT molecular complexity index is 481. The van der Waals surface area contributed by atoms with Crippen molar-refractivity contribution < 1.29 is 9.53 Å². The summed E-state index contributed by atoms with van der Waals surface area (Å²) < 4.78 is 5.23. The first kappa shape index (κ1) is 15.8. The van der Waals surface area contributed by atoms with Crippen LogP contribution in [0.25, 0.3) is 0 Å². The molecule has 1 saturated carbocycles. The van der Waals surface area contributed by atoms with Gasteiger partial charge < -0.3 is 15.8 Å². The molecule has 1 amide bonds. The van der Waals surface area contributed by atoms with Gasteiger partial charge in [-0.3, -0.25) is 4.79 Å². The van der Waals surface area contributed by atoms with Crippen molar-refractivity contribution in [3.05, 3.63) is 29.8 Å². The molecule has 0 spiro atoms. The molecular formula is C17H26N2O2. The van der Waals surface area contributed by atoms with Crippen LogP contribution in [0.2, 0.25) is 0 Å². The topological polar surface area (TPSA) is 64.3 Å². The number of carbonyl (C=O) groups excluding carboxylic acids is 1. The van der Waals surface area contributed by atoms with E-state index in [1.165, 1.54) is 0 Å². The number of ether oxygens (including phenoxy) is 1. The summed E-state index contributed by atoms with van der Waals surface area (Å²) in [6.45, 7) is 2.60. The number of rotatable bonds is 6. The van der Waals surface area contributed by atoms with Crippen LogP contribution in [0.15, 0.2) is 24.3 Å². The van der Waals surface area contributed by atoms with Crippen LogP contribution in [-0.4, -0.2) is 25.1 Å². The molecule has 0 saturated heterocycles. The second-order valence-corrected chi connectivity index (χ2v) is 6.12. The maximum absolute atomic E-state index is 12.3. The molecule has 21 heavy (non-hydrogen) atoms. The molecule has 1 aromatic carbocycles. The van der Waals surface area contributed by atoms with E-state index >= 15 is 0 Å². The van der Waals surface area contributed by atoms with Crippen molar-refractivity contribution in [2.24, 2.45) is 5.73 Å². The minimum Gasteiger partial charge on any atom is -0.497 e. The predicted molar refractivity (Wildman–Crippen MR) is 84.4 cm³/mol. The quantitative estimate of drug-likeness (QED) is 0.846. The number of methoxy groups -OCH3 is 1. The molecule has 1 aliphatic carbocycles. The van der Waals surface area contributed by atoms with Crippen LogP contribution in [-0.2, 0) is 4.79 Å². The number of benzene rings is 1. The molecule has 0 aromatic heterocycles. The molecule has 1 fully saturated rings. The first-order chi connectivity index (χ1) is 10.1.